The predicted octanol–water partition coefficient (Wildman–Crippen LogP) is 6.85. The van der Waals surface area contributed by atoms with E-state index in [1.165, 1.54) is 12.1 Å². The fraction of sp³-hybridized carbons (Fsp3) is 0.293. The lowest BCUT2D eigenvalue weighted by Crippen LogP contribution is -2.48. The molecule has 6 rings (SSSR count). The first-order valence-electron chi connectivity index (χ1n) is 17.7. The van der Waals surface area contributed by atoms with Gasteiger partial charge in [0.1, 0.15) is 11.9 Å². The molecule has 0 radical (unpaired) electrons. The molecule has 2 amide bonds. The van der Waals surface area contributed by atoms with Crippen LogP contribution in [0.15, 0.2) is 100 Å². The highest BCUT2D eigenvalue weighted by Crippen LogP contribution is 2.31. The van der Waals surface area contributed by atoms with Crippen LogP contribution in [0.1, 0.15) is 42.1 Å². The van der Waals surface area contributed by atoms with Crippen LogP contribution in [0.3, 0.4) is 0 Å². The summed E-state index contributed by atoms with van der Waals surface area (Å²) < 4.78 is 7.53. The van der Waals surface area contributed by atoms with Crippen molar-refractivity contribution in [3.05, 3.63) is 123 Å². The minimum Gasteiger partial charge on any atom is -0.506 e. The van der Waals surface area contributed by atoms with E-state index in [2.05, 4.69) is 51.0 Å². The number of aromatic amines is 1. The lowest BCUT2D eigenvalue weighted by molar-refractivity contribution is -0.896. The number of halogens is 1. The van der Waals surface area contributed by atoms with Gasteiger partial charge in [-0.15, -0.1) is 0 Å². The number of aliphatic hydroxyl groups excluding tert-OH is 1. The highest BCUT2D eigenvalue weighted by molar-refractivity contribution is 9.10. The zero-order valence-corrected chi connectivity index (χ0v) is 31.4. The number of hydrogen-bond donors (Lipinski definition) is 6. The van der Waals surface area contributed by atoms with E-state index in [4.69, 9.17) is 4.74 Å². The minimum atomic E-state index is -0.884. The van der Waals surface area contributed by atoms with Crippen LogP contribution in [0.4, 0.5) is 16.2 Å². The number of piperidine rings is 1. The maximum Gasteiger partial charge on any atom is 0.411 e. The smallest absolute Gasteiger partial charge is 0.411 e. The summed E-state index contributed by atoms with van der Waals surface area (Å²) in [6.07, 6.45) is 0.893. The Kier molecular flexibility index (Phi) is 11.9. The van der Waals surface area contributed by atoms with Crippen LogP contribution in [0.5, 0.6) is 5.75 Å². The molecule has 1 atom stereocenters. The zero-order chi connectivity index (χ0) is 37.5. The molecule has 6 N–H and O–H groups in total. The number of aromatic nitrogens is 1. The number of aryl methyl sites for hydroxylation is 1. The van der Waals surface area contributed by atoms with E-state index in [-0.39, 0.29) is 41.8 Å². The number of aliphatic hydroxyl groups is 1. The van der Waals surface area contributed by atoms with E-state index in [1.54, 1.807) is 12.1 Å². The Morgan fingerprint density at radius 1 is 0.962 bits per heavy atom. The van der Waals surface area contributed by atoms with E-state index in [9.17, 15) is 24.6 Å². The Bertz CT molecular complexity index is 2140. The molecule has 1 aliphatic rings. The number of rotatable bonds is 12. The molecule has 0 unspecified atom stereocenters. The highest BCUT2D eigenvalue weighted by Gasteiger charge is 2.28. The van der Waals surface area contributed by atoms with E-state index >= 15 is 0 Å². The van der Waals surface area contributed by atoms with Crippen LogP contribution in [0.25, 0.3) is 22.0 Å². The normalized spacial score (nSPS) is 14.8. The molecular weight excluding hydrogens is 738 g/mol. The lowest BCUT2D eigenvalue weighted by atomic mass is 9.99. The topological polar surface area (TPSA) is 153 Å². The molecule has 1 aromatic heterocycles. The van der Waals surface area contributed by atoms with Crippen molar-refractivity contribution in [1.29, 1.82) is 0 Å². The quantitative estimate of drug-likeness (QED) is 0.0758. The van der Waals surface area contributed by atoms with Crippen molar-refractivity contribution in [3.8, 4) is 16.9 Å². The molecule has 1 saturated heterocycles. The molecule has 4 aromatic carbocycles. The number of phenolic OH excluding ortho intramolecular Hbond substituents is 1. The van der Waals surface area contributed by atoms with E-state index in [1.807, 2.05) is 66.7 Å². The first kappa shape index (κ1) is 37.7. The first-order chi connectivity index (χ1) is 25.4. The third kappa shape index (κ3) is 9.91. The number of carbonyl (C=O) groups excluding carboxylic acids is 2. The van der Waals surface area contributed by atoms with Crippen molar-refractivity contribution in [3.63, 3.8) is 0 Å². The van der Waals surface area contributed by atoms with Crippen molar-refractivity contribution in [2.75, 3.05) is 44.4 Å². The number of carbonyl (C=O) groups is 2. The summed E-state index contributed by atoms with van der Waals surface area (Å²) in [4.78, 5) is 40.4. The number of phenols is 1. The number of quaternary nitrogens is 1. The molecule has 0 spiro atoms. The van der Waals surface area contributed by atoms with Gasteiger partial charge in [0, 0.05) is 59.5 Å². The number of H-pyrrole nitrogens is 1. The Balaban J connectivity index is 1.03. The number of pyridine rings is 1. The Hall–Kier alpha value is -5.01. The number of hydrogen-bond acceptors (Lipinski definition) is 7. The second-order valence-electron chi connectivity index (χ2n) is 14.1. The predicted molar refractivity (Wildman–Crippen MR) is 211 cm³/mol. The maximum atomic E-state index is 13.0. The molecule has 53 heavy (non-hydrogen) atoms. The molecule has 1 aliphatic heterocycles. The summed E-state index contributed by atoms with van der Waals surface area (Å²) in [6, 6.07) is 27.3. The Morgan fingerprint density at radius 3 is 2.49 bits per heavy atom. The number of nitrogens with one attached hydrogen (secondary N) is 4. The van der Waals surface area contributed by atoms with Crippen molar-refractivity contribution >= 4 is 50.2 Å². The van der Waals surface area contributed by atoms with Crippen molar-refractivity contribution in [2.24, 2.45) is 0 Å². The van der Waals surface area contributed by atoms with Gasteiger partial charge in [-0.2, -0.15) is 0 Å². The number of likely N-dealkylation sites (tertiary alicyclic amines) is 1. The molecule has 2 heterocycles. The van der Waals surface area contributed by atoms with Crippen LogP contribution < -0.4 is 21.5 Å². The van der Waals surface area contributed by atoms with Gasteiger partial charge in [0.25, 0.3) is 0 Å². The molecule has 12 heteroatoms. The van der Waals surface area contributed by atoms with Crippen molar-refractivity contribution < 1.29 is 29.0 Å². The van der Waals surface area contributed by atoms with Gasteiger partial charge < -0.3 is 35.1 Å². The molecule has 276 valence electrons. The molecule has 0 saturated carbocycles. The summed E-state index contributed by atoms with van der Waals surface area (Å²) in [5.41, 5.74) is 5.49. The summed E-state index contributed by atoms with van der Waals surface area (Å²) >= 11 is 3.60. The molecule has 1 fully saturated rings. The number of ether oxygens (including phenoxy) is 1. The monoisotopic (exact) mass is 782 g/mol. The number of fused-ring (bicyclic) bond motifs is 1. The van der Waals surface area contributed by atoms with Gasteiger partial charge in [-0.1, -0.05) is 70.5 Å². The molecule has 5 aromatic rings. The van der Waals surface area contributed by atoms with E-state index in [0.29, 0.717) is 35.3 Å². The number of benzene rings is 4. The average Bonchev–Trinajstić information content (AvgIpc) is 3.13. The summed E-state index contributed by atoms with van der Waals surface area (Å²) in [5, 5.41) is 30.8. The number of nitrogens with zero attached hydrogens (tertiary/aromatic N) is 1. The second kappa shape index (κ2) is 16.8. The lowest BCUT2D eigenvalue weighted by Gasteiger charge is -2.36. The average molecular weight is 784 g/mol. The summed E-state index contributed by atoms with van der Waals surface area (Å²) in [6.45, 7) is 2.59. The van der Waals surface area contributed by atoms with Gasteiger partial charge in [-0.25, -0.2) is 4.79 Å². The van der Waals surface area contributed by atoms with E-state index < -0.39 is 12.2 Å². The Labute approximate surface area is 316 Å². The molecule has 11 nitrogen and oxygen atoms in total. The Morgan fingerprint density at radius 2 is 1.74 bits per heavy atom. The number of anilines is 2. The minimum absolute atomic E-state index is 0.0610. The third-order valence-corrected chi connectivity index (χ3v) is 10.4. The summed E-state index contributed by atoms with van der Waals surface area (Å²) in [7, 11) is 4.38. The highest BCUT2D eigenvalue weighted by atomic mass is 79.9. The van der Waals surface area contributed by atoms with Gasteiger partial charge in [-0.3, -0.25) is 14.9 Å². The van der Waals surface area contributed by atoms with E-state index in [0.717, 1.165) is 57.1 Å². The fourth-order valence-corrected chi connectivity index (χ4v) is 7.14. The second-order valence-corrected chi connectivity index (χ2v) is 15.0. The van der Waals surface area contributed by atoms with Crippen LogP contribution in [-0.4, -0.2) is 71.5 Å². The maximum absolute atomic E-state index is 13.0. The number of aromatic hydroxyl groups is 1. The summed E-state index contributed by atoms with van der Waals surface area (Å²) in [5.74, 6) is -0.206. The van der Waals surface area contributed by atoms with Gasteiger partial charge >= 0.3 is 6.09 Å². The van der Waals surface area contributed by atoms with Gasteiger partial charge in [0.05, 0.1) is 44.5 Å². The van der Waals surface area contributed by atoms with Gasteiger partial charge in [0.2, 0.25) is 11.5 Å². The third-order valence-electron chi connectivity index (χ3n) is 9.69. The number of amides is 2. The SMILES string of the molecule is C[N+]1(C)CCC(OC(=O)Nc2cc(CCC(=O)Nc3ccc(CNC[C@H](O)c4ccc(O)c5[nH]c(=O)ccc45)c(Br)c3)ccc2-c2ccccc2)CC1. The van der Waals surface area contributed by atoms with Crippen molar-refractivity contribution in [1.82, 2.24) is 10.3 Å². The van der Waals surface area contributed by atoms with Crippen LogP contribution in [-0.2, 0) is 22.5 Å². The molecular formula is C41H45BrN5O6+. The van der Waals surface area contributed by atoms with Gasteiger partial charge in [-0.05, 0) is 59.0 Å². The molecule has 0 bridgehead atoms. The van der Waals surface area contributed by atoms with Crippen LogP contribution in [0.2, 0.25) is 0 Å². The fourth-order valence-electron chi connectivity index (χ4n) is 6.62. The molecule has 0 aliphatic carbocycles. The largest absolute Gasteiger partial charge is 0.506 e. The zero-order valence-electron chi connectivity index (χ0n) is 29.8. The van der Waals surface area contributed by atoms with Crippen LogP contribution >= 0.6 is 15.9 Å². The van der Waals surface area contributed by atoms with Crippen LogP contribution in [0, 0.1) is 0 Å². The van der Waals surface area contributed by atoms with Gasteiger partial charge in [0.15, 0.2) is 0 Å². The standard InChI is InChI=1S/C41H44BrN5O6/c1-47(2)20-18-30(19-21-47)53-41(52)45-35-22-26(8-12-31(35)27-6-4-3-5-7-27)9-16-38(50)44-29-11-10-28(34(42)23-29)24-43-25-37(49)32-13-15-36(48)40-33(32)14-17-39(51)46-40/h3-8,10-15,17,22-23,30,37,43,49H,9,16,18-21,24-25H2,1-2H3,(H3-,44,45,46,48,50,51,52)/p+1/t37-/m0/s1. The first-order valence-corrected chi connectivity index (χ1v) is 18.5. The van der Waals surface area contributed by atoms with Crippen molar-refractivity contribution in [2.45, 2.75) is 44.4 Å².